The van der Waals surface area contributed by atoms with Gasteiger partial charge in [0.2, 0.25) is 0 Å². The summed E-state index contributed by atoms with van der Waals surface area (Å²) in [6, 6.07) is 9.03. The second-order valence-electron chi connectivity index (χ2n) is 4.98. The normalized spacial score (nSPS) is 18.1. The predicted octanol–water partition coefficient (Wildman–Crippen LogP) is 2.61. The SMILES string of the molecule is CCc1ccc(CN2CCN(CCCl)CC2)cc1. The standard InChI is InChI=1S/C15H23ClN2/c1-2-14-3-5-15(6-4-14)13-18-11-9-17(8-7-16)10-12-18/h3-6H,2,7-13H2,1H3. The number of alkyl halides is 1. The zero-order valence-corrected chi connectivity index (χ0v) is 12.0. The van der Waals surface area contributed by atoms with Crippen molar-refractivity contribution in [3.8, 4) is 0 Å². The van der Waals surface area contributed by atoms with E-state index < -0.39 is 0 Å². The lowest BCUT2D eigenvalue weighted by Gasteiger charge is -2.34. The fourth-order valence-electron chi connectivity index (χ4n) is 2.43. The highest BCUT2D eigenvalue weighted by molar-refractivity contribution is 6.18. The Morgan fingerprint density at radius 1 is 0.944 bits per heavy atom. The monoisotopic (exact) mass is 266 g/mol. The number of nitrogens with zero attached hydrogens (tertiary/aromatic N) is 2. The number of piperazine rings is 1. The summed E-state index contributed by atoms with van der Waals surface area (Å²) >= 11 is 5.77. The molecule has 1 aliphatic heterocycles. The van der Waals surface area contributed by atoms with E-state index in [4.69, 9.17) is 11.6 Å². The van der Waals surface area contributed by atoms with Crippen LogP contribution in [0.5, 0.6) is 0 Å². The lowest BCUT2D eigenvalue weighted by atomic mass is 10.1. The Labute approximate surface area is 116 Å². The van der Waals surface area contributed by atoms with Gasteiger partial charge in [-0.1, -0.05) is 31.2 Å². The molecule has 0 amide bonds. The molecule has 2 nitrogen and oxygen atoms in total. The average Bonchev–Trinajstić information content (AvgIpc) is 2.42. The molecule has 3 heteroatoms. The van der Waals surface area contributed by atoms with E-state index in [1.54, 1.807) is 0 Å². The summed E-state index contributed by atoms with van der Waals surface area (Å²) in [5, 5.41) is 0. The van der Waals surface area contributed by atoms with E-state index in [2.05, 4.69) is 41.0 Å². The predicted molar refractivity (Wildman–Crippen MR) is 78.3 cm³/mol. The lowest BCUT2D eigenvalue weighted by molar-refractivity contribution is 0.132. The molecule has 1 fully saturated rings. The Hall–Kier alpha value is -0.570. The summed E-state index contributed by atoms with van der Waals surface area (Å²) in [7, 11) is 0. The van der Waals surface area contributed by atoms with E-state index in [0.717, 1.165) is 51.6 Å². The second-order valence-corrected chi connectivity index (χ2v) is 5.35. The molecule has 100 valence electrons. The van der Waals surface area contributed by atoms with Crippen LogP contribution < -0.4 is 0 Å². The molecule has 0 bridgehead atoms. The first kappa shape index (κ1) is 13.9. The van der Waals surface area contributed by atoms with E-state index in [1.807, 2.05) is 0 Å². The average molecular weight is 267 g/mol. The van der Waals surface area contributed by atoms with Gasteiger partial charge in [0, 0.05) is 45.1 Å². The summed E-state index contributed by atoms with van der Waals surface area (Å²) in [6.45, 7) is 8.93. The molecule has 0 aliphatic carbocycles. The van der Waals surface area contributed by atoms with Gasteiger partial charge in [-0.2, -0.15) is 0 Å². The molecule has 1 saturated heterocycles. The van der Waals surface area contributed by atoms with E-state index in [1.165, 1.54) is 11.1 Å². The molecule has 1 aromatic rings. The highest BCUT2D eigenvalue weighted by Gasteiger charge is 2.15. The van der Waals surface area contributed by atoms with Gasteiger partial charge in [0.15, 0.2) is 0 Å². The second kappa shape index (κ2) is 7.13. The Bertz CT molecular complexity index is 342. The van der Waals surface area contributed by atoms with Gasteiger partial charge < -0.3 is 0 Å². The van der Waals surface area contributed by atoms with Crippen LogP contribution in [0, 0.1) is 0 Å². The molecule has 1 aromatic carbocycles. The molecule has 0 aromatic heterocycles. The van der Waals surface area contributed by atoms with E-state index >= 15 is 0 Å². The quantitative estimate of drug-likeness (QED) is 0.756. The minimum Gasteiger partial charge on any atom is -0.300 e. The first-order chi connectivity index (χ1) is 8.81. The van der Waals surface area contributed by atoms with Crippen molar-refractivity contribution in [2.45, 2.75) is 19.9 Å². The zero-order valence-electron chi connectivity index (χ0n) is 11.2. The van der Waals surface area contributed by atoms with E-state index in [-0.39, 0.29) is 0 Å². The van der Waals surface area contributed by atoms with Crippen molar-refractivity contribution in [1.82, 2.24) is 9.80 Å². The summed E-state index contributed by atoms with van der Waals surface area (Å²) in [4.78, 5) is 4.98. The molecule has 2 rings (SSSR count). The highest BCUT2D eigenvalue weighted by atomic mass is 35.5. The molecule has 0 N–H and O–H groups in total. The molecule has 0 saturated carbocycles. The van der Waals surface area contributed by atoms with Crippen LogP contribution in [-0.4, -0.2) is 48.4 Å². The molecule has 0 atom stereocenters. The fraction of sp³-hybridized carbons (Fsp3) is 0.600. The highest BCUT2D eigenvalue weighted by Crippen LogP contribution is 2.10. The molecule has 0 spiro atoms. The zero-order chi connectivity index (χ0) is 12.8. The largest absolute Gasteiger partial charge is 0.300 e. The van der Waals surface area contributed by atoms with Gasteiger partial charge in [0.1, 0.15) is 0 Å². The minimum atomic E-state index is 0.748. The van der Waals surface area contributed by atoms with Crippen molar-refractivity contribution >= 4 is 11.6 Å². The van der Waals surface area contributed by atoms with Crippen molar-refractivity contribution in [3.63, 3.8) is 0 Å². The maximum absolute atomic E-state index is 5.77. The van der Waals surface area contributed by atoms with Gasteiger partial charge in [0.25, 0.3) is 0 Å². The van der Waals surface area contributed by atoms with Crippen LogP contribution in [0.2, 0.25) is 0 Å². The van der Waals surface area contributed by atoms with Crippen LogP contribution >= 0.6 is 11.6 Å². The van der Waals surface area contributed by atoms with E-state index in [9.17, 15) is 0 Å². The molecular formula is C15H23ClN2. The maximum atomic E-state index is 5.77. The third-order valence-corrected chi connectivity index (χ3v) is 3.87. The first-order valence-corrected chi connectivity index (χ1v) is 7.43. The summed E-state index contributed by atoms with van der Waals surface area (Å²) in [5.41, 5.74) is 2.85. The number of halogens is 1. The summed E-state index contributed by atoms with van der Waals surface area (Å²) in [6.07, 6.45) is 1.12. The van der Waals surface area contributed by atoms with Crippen LogP contribution in [0.3, 0.4) is 0 Å². The van der Waals surface area contributed by atoms with Crippen molar-refractivity contribution in [1.29, 1.82) is 0 Å². The maximum Gasteiger partial charge on any atom is 0.0351 e. The Morgan fingerprint density at radius 3 is 2.06 bits per heavy atom. The van der Waals surface area contributed by atoms with Crippen molar-refractivity contribution in [2.75, 3.05) is 38.6 Å². The van der Waals surface area contributed by atoms with Gasteiger partial charge in [0.05, 0.1) is 0 Å². The summed E-state index contributed by atoms with van der Waals surface area (Å²) < 4.78 is 0. The number of benzene rings is 1. The van der Waals surface area contributed by atoms with Crippen LogP contribution in [0.1, 0.15) is 18.1 Å². The van der Waals surface area contributed by atoms with Crippen LogP contribution in [0.25, 0.3) is 0 Å². The topological polar surface area (TPSA) is 6.48 Å². The molecule has 1 heterocycles. The summed E-state index contributed by atoms with van der Waals surface area (Å²) in [5.74, 6) is 0.748. The Balaban J connectivity index is 1.80. The van der Waals surface area contributed by atoms with Gasteiger partial charge in [-0.05, 0) is 17.5 Å². The number of hydrogen-bond acceptors (Lipinski definition) is 2. The van der Waals surface area contributed by atoms with Crippen LogP contribution in [0.15, 0.2) is 24.3 Å². The van der Waals surface area contributed by atoms with E-state index in [0.29, 0.717) is 0 Å². The van der Waals surface area contributed by atoms with Gasteiger partial charge in [-0.3, -0.25) is 9.80 Å². The van der Waals surface area contributed by atoms with Crippen LogP contribution in [-0.2, 0) is 13.0 Å². The molecular weight excluding hydrogens is 244 g/mol. The number of hydrogen-bond donors (Lipinski definition) is 0. The van der Waals surface area contributed by atoms with Gasteiger partial charge in [-0.25, -0.2) is 0 Å². The number of rotatable bonds is 5. The Morgan fingerprint density at radius 2 is 1.50 bits per heavy atom. The lowest BCUT2D eigenvalue weighted by Crippen LogP contribution is -2.46. The van der Waals surface area contributed by atoms with Gasteiger partial charge in [-0.15, -0.1) is 11.6 Å². The van der Waals surface area contributed by atoms with Crippen LogP contribution in [0.4, 0.5) is 0 Å². The molecule has 0 unspecified atom stereocenters. The van der Waals surface area contributed by atoms with Crippen molar-refractivity contribution in [3.05, 3.63) is 35.4 Å². The van der Waals surface area contributed by atoms with Crippen molar-refractivity contribution in [2.24, 2.45) is 0 Å². The number of aryl methyl sites for hydroxylation is 1. The third kappa shape index (κ3) is 3.98. The first-order valence-electron chi connectivity index (χ1n) is 6.90. The Kier molecular flexibility index (Phi) is 5.48. The molecule has 1 aliphatic rings. The molecule has 0 radical (unpaired) electrons. The molecule has 18 heavy (non-hydrogen) atoms. The van der Waals surface area contributed by atoms with Gasteiger partial charge >= 0.3 is 0 Å². The third-order valence-electron chi connectivity index (χ3n) is 3.70. The smallest absolute Gasteiger partial charge is 0.0351 e. The fourth-order valence-corrected chi connectivity index (χ4v) is 2.67. The van der Waals surface area contributed by atoms with Crippen molar-refractivity contribution < 1.29 is 0 Å². The minimum absolute atomic E-state index is 0.748.